The third-order valence-corrected chi connectivity index (χ3v) is 7.70. The third kappa shape index (κ3) is 4.60. The van der Waals surface area contributed by atoms with E-state index in [1.54, 1.807) is 21.9 Å². The maximum absolute atomic E-state index is 13.0. The minimum atomic E-state index is -3.39. The summed E-state index contributed by atoms with van der Waals surface area (Å²) in [6.45, 7) is 8.58. The van der Waals surface area contributed by atoms with E-state index >= 15 is 0 Å². The van der Waals surface area contributed by atoms with Crippen molar-refractivity contribution in [3.05, 3.63) is 18.1 Å². The maximum atomic E-state index is 13.0. The van der Waals surface area contributed by atoms with Gasteiger partial charge >= 0.3 is 0 Å². The van der Waals surface area contributed by atoms with E-state index in [4.69, 9.17) is 4.98 Å². The molecule has 1 aliphatic heterocycles. The fourth-order valence-corrected chi connectivity index (χ4v) is 5.43. The van der Waals surface area contributed by atoms with Crippen LogP contribution in [0.15, 0.2) is 12.3 Å². The van der Waals surface area contributed by atoms with Gasteiger partial charge in [-0.2, -0.15) is 17.0 Å². The van der Waals surface area contributed by atoms with Gasteiger partial charge in [-0.1, -0.05) is 40.0 Å². The summed E-state index contributed by atoms with van der Waals surface area (Å²) in [5, 5.41) is 0. The summed E-state index contributed by atoms with van der Waals surface area (Å²) < 4.78 is 29.3. The van der Waals surface area contributed by atoms with Gasteiger partial charge < -0.3 is 4.90 Å². The molecule has 3 rings (SSSR count). The number of hydrogen-bond acceptors (Lipinski definition) is 5. The number of nitrogens with zero attached hydrogens (tertiary/aromatic N) is 5. The quantitative estimate of drug-likeness (QED) is 0.783. The topological polar surface area (TPSA) is 69.6 Å². The Morgan fingerprint density at radius 1 is 1.07 bits per heavy atom. The minimum absolute atomic E-state index is 0.107. The molecule has 0 amide bonds. The summed E-state index contributed by atoms with van der Waals surface area (Å²) in [5.41, 5.74) is -0.107. The van der Waals surface area contributed by atoms with Gasteiger partial charge in [0.25, 0.3) is 10.2 Å². The van der Waals surface area contributed by atoms with Crippen LogP contribution in [0.5, 0.6) is 0 Å². The SMILES string of the molecule is CN(C1CCCCC1)S(=O)(=O)N1CCN(c2ccnc(C(C)(C)C)n2)CC1. The highest BCUT2D eigenvalue weighted by molar-refractivity contribution is 7.86. The van der Waals surface area contributed by atoms with E-state index < -0.39 is 10.2 Å². The molecular weight excluding hydrogens is 362 g/mol. The lowest BCUT2D eigenvalue weighted by Gasteiger charge is -2.39. The van der Waals surface area contributed by atoms with Gasteiger partial charge in [0.1, 0.15) is 11.6 Å². The van der Waals surface area contributed by atoms with Crippen LogP contribution in [0.4, 0.5) is 5.82 Å². The first kappa shape index (κ1) is 20.5. The second-order valence-electron chi connectivity index (χ2n) is 8.69. The van der Waals surface area contributed by atoms with Gasteiger partial charge in [-0.3, -0.25) is 0 Å². The molecule has 27 heavy (non-hydrogen) atoms. The Labute approximate surface area is 164 Å². The van der Waals surface area contributed by atoms with Crippen LogP contribution in [0.3, 0.4) is 0 Å². The fourth-order valence-electron chi connectivity index (χ4n) is 3.85. The molecule has 1 saturated heterocycles. The molecule has 7 nitrogen and oxygen atoms in total. The van der Waals surface area contributed by atoms with Crippen molar-refractivity contribution in [1.29, 1.82) is 0 Å². The highest BCUT2D eigenvalue weighted by atomic mass is 32.2. The molecule has 8 heteroatoms. The molecule has 152 valence electrons. The van der Waals surface area contributed by atoms with E-state index in [2.05, 4.69) is 30.7 Å². The van der Waals surface area contributed by atoms with Crippen LogP contribution in [-0.4, -0.2) is 66.3 Å². The van der Waals surface area contributed by atoms with Crippen molar-refractivity contribution in [1.82, 2.24) is 18.6 Å². The van der Waals surface area contributed by atoms with Crippen molar-refractivity contribution < 1.29 is 8.42 Å². The second kappa shape index (κ2) is 8.01. The van der Waals surface area contributed by atoms with E-state index in [1.807, 2.05) is 6.07 Å². The molecule has 0 N–H and O–H groups in total. The minimum Gasteiger partial charge on any atom is -0.354 e. The number of aromatic nitrogens is 2. The van der Waals surface area contributed by atoms with Crippen LogP contribution in [0, 0.1) is 0 Å². The van der Waals surface area contributed by atoms with Crippen LogP contribution in [-0.2, 0) is 15.6 Å². The Kier molecular flexibility index (Phi) is 6.08. The summed E-state index contributed by atoms with van der Waals surface area (Å²) in [4.78, 5) is 11.2. The van der Waals surface area contributed by atoms with E-state index in [9.17, 15) is 8.42 Å². The zero-order valence-electron chi connectivity index (χ0n) is 17.1. The maximum Gasteiger partial charge on any atom is 0.282 e. The normalized spacial score (nSPS) is 21.0. The van der Waals surface area contributed by atoms with Crippen molar-refractivity contribution in [2.75, 3.05) is 38.1 Å². The molecule has 2 aliphatic rings. The first-order valence-electron chi connectivity index (χ1n) is 10.0. The lowest BCUT2D eigenvalue weighted by molar-refractivity contribution is 0.259. The van der Waals surface area contributed by atoms with Gasteiger partial charge in [0, 0.05) is 50.9 Å². The predicted molar refractivity (Wildman–Crippen MR) is 108 cm³/mol. The zero-order chi connectivity index (χ0) is 19.7. The summed E-state index contributed by atoms with van der Waals surface area (Å²) in [6, 6.07) is 2.06. The molecule has 0 radical (unpaired) electrons. The smallest absolute Gasteiger partial charge is 0.282 e. The summed E-state index contributed by atoms with van der Waals surface area (Å²) in [5.74, 6) is 1.69. The number of anilines is 1. The molecule has 2 heterocycles. The van der Waals surface area contributed by atoms with Gasteiger partial charge in [-0.05, 0) is 18.9 Å². The van der Waals surface area contributed by atoms with Crippen LogP contribution >= 0.6 is 0 Å². The van der Waals surface area contributed by atoms with Crippen LogP contribution in [0.1, 0.15) is 58.7 Å². The van der Waals surface area contributed by atoms with Crippen LogP contribution < -0.4 is 4.90 Å². The average molecular weight is 396 g/mol. The summed E-state index contributed by atoms with van der Waals surface area (Å²) in [7, 11) is -1.64. The lowest BCUT2D eigenvalue weighted by atomic mass is 9.96. The monoisotopic (exact) mass is 395 g/mol. The van der Waals surface area contributed by atoms with Crippen LogP contribution in [0.25, 0.3) is 0 Å². The van der Waals surface area contributed by atoms with Crippen molar-refractivity contribution >= 4 is 16.0 Å². The Hall–Kier alpha value is -1.25. The van der Waals surface area contributed by atoms with Crippen molar-refractivity contribution in [2.45, 2.75) is 64.3 Å². The summed E-state index contributed by atoms with van der Waals surface area (Å²) in [6.07, 6.45) is 7.23. The highest BCUT2D eigenvalue weighted by Gasteiger charge is 2.34. The first-order chi connectivity index (χ1) is 12.7. The van der Waals surface area contributed by atoms with E-state index in [-0.39, 0.29) is 11.5 Å². The third-order valence-electron chi connectivity index (χ3n) is 5.65. The standard InChI is InChI=1S/C19H33N5O2S/c1-19(2,3)18-20-11-10-17(21-18)23-12-14-24(15-13-23)27(25,26)22(4)16-8-6-5-7-9-16/h10-11,16H,5-9,12-15H2,1-4H3. The number of hydrogen-bond donors (Lipinski definition) is 0. The van der Waals surface area contributed by atoms with E-state index in [1.165, 1.54) is 6.42 Å². The lowest BCUT2D eigenvalue weighted by Crippen LogP contribution is -2.54. The molecule has 0 aromatic carbocycles. The Morgan fingerprint density at radius 2 is 1.70 bits per heavy atom. The summed E-state index contributed by atoms with van der Waals surface area (Å²) >= 11 is 0. The molecule has 1 aromatic rings. The number of rotatable bonds is 4. The Morgan fingerprint density at radius 3 is 2.30 bits per heavy atom. The van der Waals surface area contributed by atoms with Gasteiger partial charge in [-0.25, -0.2) is 9.97 Å². The van der Waals surface area contributed by atoms with E-state index in [0.29, 0.717) is 26.2 Å². The molecule has 1 aliphatic carbocycles. The van der Waals surface area contributed by atoms with Gasteiger partial charge in [0.05, 0.1) is 0 Å². The molecule has 2 fully saturated rings. The first-order valence-corrected chi connectivity index (χ1v) is 11.4. The molecule has 1 saturated carbocycles. The van der Waals surface area contributed by atoms with Gasteiger partial charge in [-0.15, -0.1) is 0 Å². The van der Waals surface area contributed by atoms with Gasteiger partial charge in [0.15, 0.2) is 0 Å². The van der Waals surface area contributed by atoms with Gasteiger partial charge in [0.2, 0.25) is 0 Å². The largest absolute Gasteiger partial charge is 0.354 e. The van der Waals surface area contributed by atoms with Crippen molar-refractivity contribution in [3.63, 3.8) is 0 Å². The molecule has 0 atom stereocenters. The van der Waals surface area contributed by atoms with Crippen molar-refractivity contribution in [3.8, 4) is 0 Å². The fraction of sp³-hybridized carbons (Fsp3) is 0.789. The molecule has 0 unspecified atom stereocenters. The Bertz CT molecular complexity index is 733. The van der Waals surface area contributed by atoms with E-state index in [0.717, 1.165) is 37.3 Å². The molecular formula is C19H33N5O2S. The zero-order valence-corrected chi connectivity index (χ0v) is 17.9. The average Bonchev–Trinajstić information content (AvgIpc) is 2.67. The number of piperazine rings is 1. The van der Waals surface area contributed by atoms with Crippen LogP contribution in [0.2, 0.25) is 0 Å². The molecule has 0 bridgehead atoms. The predicted octanol–water partition coefficient (Wildman–Crippen LogP) is 2.41. The Balaban J connectivity index is 1.64. The molecule has 0 spiro atoms. The van der Waals surface area contributed by atoms with Crippen molar-refractivity contribution in [2.24, 2.45) is 0 Å². The molecule has 1 aromatic heterocycles. The second-order valence-corrected chi connectivity index (χ2v) is 10.7. The highest BCUT2D eigenvalue weighted by Crippen LogP contribution is 2.26.